The summed E-state index contributed by atoms with van der Waals surface area (Å²) < 4.78 is 21.4. The van der Waals surface area contributed by atoms with Crippen molar-refractivity contribution in [1.29, 1.82) is 0 Å². The second-order valence-electron chi connectivity index (χ2n) is 10.8. The fraction of sp³-hybridized carbons (Fsp3) is 0.424. The van der Waals surface area contributed by atoms with Gasteiger partial charge in [-0.15, -0.1) is 0 Å². The molecule has 1 aromatic heterocycles. The molecule has 220 valence electrons. The van der Waals surface area contributed by atoms with Crippen LogP contribution in [0.25, 0.3) is 11.1 Å². The van der Waals surface area contributed by atoms with Gasteiger partial charge in [-0.25, -0.2) is 9.59 Å². The number of carbonyl (C=O) groups excluding carboxylic acids is 2. The summed E-state index contributed by atoms with van der Waals surface area (Å²) in [7, 11) is 1.37. The van der Waals surface area contributed by atoms with Crippen molar-refractivity contribution in [3.05, 3.63) is 78.6 Å². The molecule has 0 radical (unpaired) electrons. The average molecular weight is 563 g/mol. The lowest BCUT2D eigenvalue weighted by atomic mass is 9.91. The molecule has 1 aliphatic heterocycles. The van der Waals surface area contributed by atoms with Crippen LogP contribution in [0.2, 0.25) is 0 Å². The van der Waals surface area contributed by atoms with Crippen LogP contribution in [0.5, 0.6) is 11.5 Å². The fourth-order valence-corrected chi connectivity index (χ4v) is 4.46. The van der Waals surface area contributed by atoms with Crippen molar-refractivity contribution in [2.24, 2.45) is 0 Å². The zero-order valence-corrected chi connectivity index (χ0v) is 24.9. The summed E-state index contributed by atoms with van der Waals surface area (Å²) in [6, 6.07) is 19.4. The summed E-state index contributed by atoms with van der Waals surface area (Å²) in [6.45, 7) is 11.0. The van der Waals surface area contributed by atoms with Crippen molar-refractivity contribution in [2.45, 2.75) is 64.6 Å². The van der Waals surface area contributed by atoms with Gasteiger partial charge in [0.15, 0.2) is 11.2 Å². The molecule has 1 saturated heterocycles. The van der Waals surface area contributed by atoms with E-state index < -0.39 is 11.2 Å². The standard InChI is InChI=1S/C17H19NO3.C16H23NO3/c1-4-20-16(19)17(2,3)21-15-9-5-7-13(11-15)14-8-6-10-18-12-14;1-16(2,15(18)19-3)20-14-8-4-6-12(10-14)13-7-5-9-17-11-13/h5-12H,4H2,1-3H3;4,6,8,10,13,17H,5,7,9,11H2,1-3H3. The monoisotopic (exact) mass is 562 g/mol. The highest BCUT2D eigenvalue weighted by Gasteiger charge is 2.32. The Morgan fingerprint density at radius 3 is 2.17 bits per heavy atom. The second-order valence-corrected chi connectivity index (χ2v) is 10.8. The highest BCUT2D eigenvalue weighted by Crippen LogP contribution is 2.28. The van der Waals surface area contributed by atoms with E-state index in [9.17, 15) is 9.59 Å². The molecule has 0 spiro atoms. The number of methoxy groups -OCH3 is 1. The number of esters is 2. The molecule has 2 aromatic carbocycles. The molecule has 1 N–H and O–H groups in total. The summed E-state index contributed by atoms with van der Waals surface area (Å²) in [5.41, 5.74) is 1.24. The van der Waals surface area contributed by atoms with Crippen molar-refractivity contribution in [2.75, 3.05) is 26.8 Å². The number of aromatic nitrogens is 1. The van der Waals surface area contributed by atoms with Crippen LogP contribution in [0.15, 0.2) is 73.1 Å². The van der Waals surface area contributed by atoms with E-state index in [1.807, 2.05) is 54.6 Å². The molecule has 8 heteroatoms. The number of piperidine rings is 1. The van der Waals surface area contributed by atoms with Gasteiger partial charge in [-0.2, -0.15) is 0 Å². The Kier molecular flexibility index (Phi) is 11.3. The zero-order valence-electron chi connectivity index (χ0n) is 24.9. The Hall–Kier alpha value is -3.91. The SMILES string of the molecule is CCOC(=O)C(C)(C)Oc1cccc(-c2cccnc2)c1.COC(=O)C(C)(C)Oc1cccc(C2CCCNC2)c1. The van der Waals surface area contributed by atoms with Gasteiger partial charge in [0.2, 0.25) is 0 Å². The first-order chi connectivity index (χ1) is 19.6. The molecule has 0 saturated carbocycles. The lowest BCUT2D eigenvalue weighted by Gasteiger charge is -2.26. The molecular weight excluding hydrogens is 520 g/mol. The summed E-state index contributed by atoms with van der Waals surface area (Å²) in [6.07, 6.45) is 5.91. The van der Waals surface area contributed by atoms with Crippen molar-refractivity contribution in [3.63, 3.8) is 0 Å². The predicted octanol–water partition coefficient (Wildman–Crippen LogP) is 5.95. The first kappa shape index (κ1) is 31.6. The Balaban J connectivity index is 0.000000226. The number of nitrogens with zero attached hydrogens (tertiary/aromatic N) is 1. The van der Waals surface area contributed by atoms with Crippen LogP contribution in [-0.2, 0) is 19.1 Å². The number of ether oxygens (including phenoxy) is 4. The van der Waals surface area contributed by atoms with Crippen molar-refractivity contribution >= 4 is 11.9 Å². The van der Waals surface area contributed by atoms with E-state index in [0.29, 0.717) is 24.0 Å². The van der Waals surface area contributed by atoms with E-state index >= 15 is 0 Å². The molecule has 0 aliphatic carbocycles. The minimum absolute atomic E-state index is 0.335. The average Bonchev–Trinajstić information content (AvgIpc) is 2.98. The fourth-order valence-electron chi connectivity index (χ4n) is 4.46. The molecular formula is C33H42N2O6. The lowest BCUT2D eigenvalue weighted by molar-refractivity contribution is -0.158. The largest absolute Gasteiger partial charge is 0.476 e. The van der Waals surface area contributed by atoms with E-state index in [4.69, 9.17) is 18.9 Å². The van der Waals surface area contributed by atoms with Crippen LogP contribution in [0.4, 0.5) is 0 Å². The highest BCUT2D eigenvalue weighted by molar-refractivity contribution is 5.79. The maximum atomic E-state index is 11.9. The van der Waals surface area contributed by atoms with Crippen molar-refractivity contribution < 1.29 is 28.5 Å². The molecule has 41 heavy (non-hydrogen) atoms. The molecule has 1 fully saturated rings. The van der Waals surface area contributed by atoms with Gasteiger partial charge in [-0.1, -0.05) is 30.3 Å². The highest BCUT2D eigenvalue weighted by atomic mass is 16.6. The van der Waals surface area contributed by atoms with Crippen molar-refractivity contribution in [1.82, 2.24) is 10.3 Å². The summed E-state index contributed by atoms with van der Waals surface area (Å²) >= 11 is 0. The van der Waals surface area contributed by atoms with Crippen LogP contribution < -0.4 is 14.8 Å². The van der Waals surface area contributed by atoms with E-state index in [-0.39, 0.29) is 11.9 Å². The number of nitrogens with one attached hydrogen (secondary N) is 1. The van der Waals surface area contributed by atoms with E-state index in [1.54, 1.807) is 47.0 Å². The second kappa shape index (κ2) is 14.6. The van der Waals surface area contributed by atoms with Crippen LogP contribution in [-0.4, -0.2) is 54.9 Å². The topological polar surface area (TPSA) is 96.0 Å². The number of hydrogen-bond donors (Lipinski definition) is 1. The molecule has 1 aliphatic rings. The third-order valence-corrected chi connectivity index (χ3v) is 6.65. The first-order valence-corrected chi connectivity index (χ1v) is 14.0. The number of pyridine rings is 1. The Bertz CT molecular complexity index is 1270. The van der Waals surface area contributed by atoms with Crippen LogP contribution in [0.1, 0.15) is 58.9 Å². The molecule has 8 nitrogen and oxygen atoms in total. The van der Waals surface area contributed by atoms with Gasteiger partial charge >= 0.3 is 11.9 Å². The van der Waals surface area contributed by atoms with Gasteiger partial charge < -0.3 is 24.3 Å². The third-order valence-electron chi connectivity index (χ3n) is 6.65. The molecule has 3 aromatic rings. The van der Waals surface area contributed by atoms with Gasteiger partial charge in [0.05, 0.1) is 13.7 Å². The van der Waals surface area contributed by atoms with E-state index in [2.05, 4.69) is 16.4 Å². The normalized spacial score (nSPS) is 15.1. The molecule has 1 unspecified atom stereocenters. The van der Waals surface area contributed by atoms with Crippen molar-refractivity contribution in [3.8, 4) is 22.6 Å². The summed E-state index contributed by atoms with van der Waals surface area (Å²) in [4.78, 5) is 27.6. The smallest absolute Gasteiger partial charge is 0.349 e. The van der Waals surface area contributed by atoms with Gasteiger partial charge in [0, 0.05) is 24.5 Å². The molecule has 0 amide bonds. The molecule has 0 bridgehead atoms. The van der Waals surface area contributed by atoms with Crippen LogP contribution in [0.3, 0.4) is 0 Å². The maximum absolute atomic E-state index is 11.9. The molecule has 4 rings (SSSR count). The van der Waals surface area contributed by atoms with Gasteiger partial charge in [-0.05, 0) is 101 Å². The number of benzene rings is 2. The van der Waals surface area contributed by atoms with Crippen LogP contribution in [0, 0.1) is 0 Å². The minimum Gasteiger partial charge on any atom is -0.476 e. The van der Waals surface area contributed by atoms with Gasteiger partial charge in [-0.3, -0.25) is 4.98 Å². The number of rotatable bonds is 9. The Morgan fingerprint density at radius 2 is 1.56 bits per heavy atom. The van der Waals surface area contributed by atoms with Crippen LogP contribution >= 0.6 is 0 Å². The number of hydrogen-bond acceptors (Lipinski definition) is 8. The number of carbonyl (C=O) groups is 2. The first-order valence-electron chi connectivity index (χ1n) is 14.0. The maximum Gasteiger partial charge on any atom is 0.349 e. The Morgan fingerprint density at radius 1 is 0.902 bits per heavy atom. The summed E-state index contributed by atoms with van der Waals surface area (Å²) in [5, 5.41) is 3.41. The zero-order chi connectivity index (χ0) is 29.9. The van der Waals surface area contributed by atoms with Gasteiger partial charge in [0.25, 0.3) is 0 Å². The minimum atomic E-state index is -1.02. The lowest BCUT2D eigenvalue weighted by Crippen LogP contribution is -2.39. The van der Waals surface area contributed by atoms with E-state index in [0.717, 1.165) is 24.2 Å². The Labute approximate surface area is 243 Å². The molecule has 2 heterocycles. The predicted molar refractivity (Wildman–Crippen MR) is 159 cm³/mol. The van der Waals surface area contributed by atoms with E-state index in [1.165, 1.54) is 25.5 Å². The molecule has 1 atom stereocenters. The summed E-state index contributed by atoms with van der Waals surface area (Å²) in [5.74, 6) is 1.10. The third kappa shape index (κ3) is 9.32. The quantitative estimate of drug-likeness (QED) is 0.320. The van der Waals surface area contributed by atoms with Gasteiger partial charge in [0.1, 0.15) is 11.5 Å².